The van der Waals surface area contributed by atoms with Gasteiger partial charge in [-0.1, -0.05) is 127 Å². The summed E-state index contributed by atoms with van der Waals surface area (Å²) in [5, 5.41) is 9.68. The minimum atomic E-state index is 0.870. The summed E-state index contributed by atoms with van der Waals surface area (Å²) in [6.45, 7) is 0. The quantitative estimate of drug-likeness (QED) is 0.167. The van der Waals surface area contributed by atoms with Crippen LogP contribution in [-0.2, 0) is 0 Å². The predicted molar refractivity (Wildman–Crippen MR) is 227 cm³/mol. The van der Waals surface area contributed by atoms with E-state index in [1.54, 1.807) is 0 Å². The molecule has 0 spiro atoms. The van der Waals surface area contributed by atoms with E-state index in [0.29, 0.717) is 0 Å². The van der Waals surface area contributed by atoms with Crippen molar-refractivity contribution >= 4 is 92.1 Å². The van der Waals surface area contributed by atoms with Crippen LogP contribution in [0.2, 0.25) is 0 Å². The SMILES string of the molecule is c1ccc(-c2ccc3c(c2)oc2cccc(N(c4ccc5ccc6ccccc6c5c4)c4ccc5sc6cc(-c7ccccc7)ccc6c5c4)c23)cc1. The molecule has 11 aromatic rings. The smallest absolute Gasteiger partial charge is 0.137 e. The van der Waals surface area contributed by atoms with Crippen molar-refractivity contribution in [2.24, 2.45) is 0 Å². The number of thiophene rings is 1. The molecule has 0 unspecified atom stereocenters. The number of hydrogen-bond donors (Lipinski definition) is 0. The molecule has 0 atom stereocenters. The van der Waals surface area contributed by atoms with E-state index >= 15 is 0 Å². The largest absolute Gasteiger partial charge is 0.456 e. The second-order valence-electron chi connectivity index (χ2n) is 13.7. The van der Waals surface area contributed by atoms with Gasteiger partial charge in [-0.05, 0) is 104 Å². The van der Waals surface area contributed by atoms with E-state index in [9.17, 15) is 0 Å². The Morgan fingerprint density at radius 1 is 0.358 bits per heavy atom. The van der Waals surface area contributed by atoms with Crippen LogP contribution in [0.15, 0.2) is 192 Å². The topological polar surface area (TPSA) is 16.4 Å². The summed E-state index contributed by atoms with van der Waals surface area (Å²) in [5.74, 6) is 0. The Hall–Kier alpha value is -6.68. The molecule has 0 N–H and O–H groups in total. The molecule has 0 fully saturated rings. The van der Waals surface area contributed by atoms with E-state index in [0.717, 1.165) is 44.6 Å². The first-order valence-electron chi connectivity index (χ1n) is 18.0. The van der Waals surface area contributed by atoms with E-state index in [1.165, 1.54) is 58.4 Å². The molecule has 53 heavy (non-hydrogen) atoms. The van der Waals surface area contributed by atoms with Gasteiger partial charge < -0.3 is 9.32 Å². The van der Waals surface area contributed by atoms with Crippen molar-refractivity contribution in [3.05, 3.63) is 188 Å². The van der Waals surface area contributed by atoms with Crippen LogP contribution in [0.25, 0.3) is 85.9 Å². The number of anilines is 3. The second-order valence-corrected chi connectivity index (χ2v) is 14.8. The molecule has 11 rings (SSSR count). The Morgan fingerprint density at radius 2 is 1.00 bits per heavy atom. The lowest BCUT2D eigenvalue weighted by Crippen LogP contribution is -2.10. The van der Waals surface area contributed by atoms with Gasteiger partial charge >= 0.3 is 0 Å². The first-order valence-corrected chi connectivity index (χ1v) is 18.8. The number of fused-ring (bicyclic) bond motifs is 9. The van der Waals surface area contributed by atoms with E-state index < -0.39 is 0 Å². The summed E-state index contributed by atoms with van der Waals surface area (Å²) in [6, 6.07) is 68.0. The second kappa shape index (κ2) is 11.9. The lowest BCUT2D eigenvalue weighted by atomic mass is 10.00. The van der Waals surface area contributed by atoms with Crippen molar-refractivity contribution < 1.29 is 4.42 Å². The van der Waals surface area contributed by atoms with Crippen molar-refractivity contribution in [1.82, 2.24) is 0 Å². The molecule has 2 aromatic heterocycles. The van der Waals surface area contributed by atoms with E-state index in [2.05, 4.69) is 193 Å². The highest BCUT2D eigenvalue weighted by molar-refractivity contribution is 7.25. The fraction of sp³-hybridized carbons (Fsp3) is 0. The summed E-state index contributed by atoms with van der Waals surface area (Å²) < 4.78 is 9.21. The Kier molecular flexibility index (Phi) is 6.76. The average molecular weight is 694 g/mol. The number of rotatable bonds is 5. The highest BCUT2D eigenvalue weighted by Crippen LogP contribution is 2.46. The molecule has 0 bridgehead atoms. The number of furan rings is 1. The molecule has 2 nitrogen and oxygen atoms in total. The normalized spacial score (nSPS) is 11.8. The Morgan fingerprint density at radius 3 is 1.79 bits per heavy atom. The van der Waals surface area contributed by atoms with Gasteiger partial charge in [0.2, 0.25) is 0 Å². The van der Waals surface area contributed by atoms with Gasteiger partial charge in [-0.15, -0.1) is 11.3 Å². The molecule has 3 heteroatoms. The summed E-state index contributed by atoms with van der Waals surface area (Å²) in [6.07, 6.45) is 0. The first-order chi connectivity index (χ1) is 26.2. The predicted octanol–water partition coefficient (Wildman–Crippen LogP) is 15.1. The fourth-order valence-electron chi connectivity index (χ4n) is 8.07. The number of nitrogens with zero attached hydrogens (tertiary/aromatic N) is 1. The molecular weight excluding hydrogens is 663 g/mol. The van der Waals surface area contributed by atoms with Crippen LogP contribution in [0.1, 0.15) is 0 Å². The van der Waals surface area contributed by atoms with Gasteiger partial charge in [0, 0.05) is 36.9 Å². The maximum Gasteiger partial charge on any atom is 0.137 e. The van der Waals surface area contributed by atoms with Crippen LogP contribution in [0, 0.1) is 0 Å². The lowest BCUT2D eigenvalue weighted by Gasteiger charge is -2.27. The minimum absolute atomic E-state index is 0.870. The Bertz CT molecular complexity index is 3180. The van der Waals surface area contributed by atoms with Crippen molar-refractivity contribution in [2.45, 2.75) is 0 Å². The van der Waals surface area contributed by atoms with Crippen molar-refractivity contribution in [1.29, 1.82) is 0 Å². The third kappa shape index (κ3) is 4.93. The summed E-state index contributed by atoms with van der Waals surface area (Å²) in [4.78, 5) is 2.42. The van der Waals surface area contributed by atoms with Gasteiger partial charge in [0.15, 0.2) is 0 Å². The standard InChI is InChI=1S/C50H31NOS/c1-3-10-32(11-4-1)36-22-26-42-47(28-36)52-46-17-9-16-45(50(42)46)51(38-23-20-35-19-18-34-14-7-8-15-40(34)43(35)30-38)39-24-27-48-44(31-39)41-25-21-37(29-49(41)53-48)33-12-5-2-6-13-33/h1-31H. The van der Waals surface area contributed by atoms with Crippen LogP contribution >= 0.6 is 11.3 Å². The molecule has 0 aliphatic carbocycles. The Labute approximate surface area is 310 Å². The molecule has 0 saturated heterocycles. The van der Waals surface area contributed by atoms with Crippen LogP contribution in [0.4, 0.5) is 17.1 Å². The summed E-state index contributed by atoms with van der Waals surface area (Å²) in [5.41, 5.74) is 9.82. The zero-order chi connectivity index (χ0) is 34.9. The van der Waals surface area contributed by atoms with Crippen molar-refractivity contribution in [2.75, 3.05) is 4.90 Å². The monoisotopic (exact) mass is 693 g/mol. The third-order valence-corrected chi connectivity index (χ3v) is 11.8. The molecule has 9 aromatic carbocycles. The van der Waals surface area contributed by atoms with Gasteiger partial charge in [0.25, 0.3) is 0 Å². The highest BCUT2D eigenvalue weighted by atomic mass is 32.1. The van der Waals surface area contributed by atoms with Gasteiger partial charge in [-0.2, -0.15) is 0 Å². The van der Waals surface area contributed by atoms with Crippen molar-refractivity contribution in [3.63, 3.8) is 0 Å². The molecule has 0 aliphatic heterocycles. The maximum absolute atomic E-state index is 6.64. The zero-order valence-corrected chi connectivity index (χ0v) is 29.5. The Balaban J connectivity index is 1.15. The van der Waals surface area contributed by atoms with Crippen molar-refractivity contribution in [3.8, 4) is 22.3 Å². The fourth-order valence-corrected chi connectivity index (χ4v) is 9.20. The number of hydrogen-bond acceptors (Lipinski definition) is 3. The summed E-state index contributed by atoms with van der Waals surface area (Å²) in [7, 11) is 0. The molecular formula is C50H31NOS. The van der Waals surface area contributed by atoms with Gasteiger partial charge in [0.05, 0.1) is 11.1 Å². The average Bonchev–Trinajstić information content (AvgIpc) is 3.79. The van der Waals surface area contributed by atoms with Gasteiger partial charge in [-0.3, -0.25) is 0 Å². The van der Waals surface area contributed by atoms with Gasteiger partial charge in [0.1, 0.15) is 11.2 Å². The molecule has 0 saturated carbocycles. The zero-order valence-electron chi connectivity index (χ0n) is 28.7. The van der Waals surface area contributed by atoms with Crippen LogP contribution in [0.3, 0.4) is 0 Å². The van der Waals surface area contributed by atoms with E-state index in [1.807, 2.05) is 11.3 Å². The van der Waals surface area contributed by atoms with Crippen LogP contribution in [0.5, 0.6) is 0 Å². The number of benzene rings is 9. The summed E-state index contributed by atoms with van der Waals surface area (Å²) >= 11 is 1.86. The van der Waals surface area contributed by atoms with Crippen LogP contribution in [-0.4, -0.2) is 0 Å². The maximum atomic E-state index is 6.64. The third-order valence-electron chi connectivity index (χ3n) is 10.6. The van der Waals surface area contributed by atoms with E-state index in [-0.39, 0.29) is 0 Å². The minimum Gasteiger partial charge on any atom is -0.456 e. The molecule has 2 heterocycles. The molecule has 0 radical (unpaired) electrons. The molecule has 0 amide bonds. The molecule has 248 valence electrons. The highest BCUT2D eigenvalue weighted by Gasteiger charge is 2.21. The first kappa shape index (κ1) is 30.0. The van der Waals surface area contributed by atoms with E-state index in [4.69, 9.17) is 4.42 Å². The lowest BCUT2D eigenvalue weighted by molar-refractivity contribution is 0.669. The van der Waals surface area contributed by atoms with Crippen LogP contribution < -0.4 is 4.90 Å². The van der Waals surface area contributed by atoms with Gasteiger partial charge in [-0.25, -0.2) is 0 Å². The molecule has 0 aliphatic rings.